The van der Waals surface area contributed by atoms with Crippen molar-refractivity contribution in [1.82, 2.24) is 34.8 Å². The summed E-state index contributed by atoms with van der Waals surface area (Å²) in [5.74, 6) is 3.25. The molecule has 0 saturated carbocycles. The number of fused-ring (bicyclic) bond motifs is 1. The molecule has 0 radical (unpaired) electrons. The van der Waals surface area contributed by atoms with Crippen molar-refractivity contribution in [3.8, 4) is 0 Å². The van der Waals surface area contributed by atoms with Gasteiger partial charge in [-0.05, 0) is 26.2 Å². The highest BCUT2D eigenvalue weighted by molar-refractivity contribution is 14.0. The molecule has 4 rings (SSSR count). The van der Waals surface area contributed by atoms with E-state index < -0.39 is 0 Å². The van der Waals surface area contributed by atoms with Crippen molar-refractivity contribution in [3.05, 3.63) is 29.6 Å². The van der Waals surface area contributed by atoms with Crippen LogP contribution in [0, 0.1) is 0 Å². The van der Waals surface area contributed by atoms with Gasteiger partial charge in [0, 0.05) is 57.8 Å². The first-order chi connectivity index (χ1) is 14.7. The van der Waals surface area contributed by atoms with Crippen LogP contribution in [-0.2, 0) is 31.2 Å². The summed E-state index contributed by atoms with van der Waals surface area (Å²) in [6.45, 7) is 7.13. The summed E-state index contributed by atoms with van der Waals surface area (Å²) in [5.41, 5.74) is 1.12. The SMILES string of the molecule is CCNC(=NCCCc1nnc2n1CCCCC2)N1CCOC(c2cnn(C)c2)C1.I. The van der Waals surface area contributed by atoms with Crippen molar-refractivity contribution in [1.29, 1.82) is 0 Å². The van der Waals surface area contributed by atoms with Crippen molar-refractivity contribution < 1.29 is 4.74 Å². The lowest BCUT2D eigenvalue weighted by Crippen LogP contribution is -2.48. The van der Waals surface area contributed by atoms with E-state index in [4.69, 9.17) is 9.73 Å². The van der Waals surface area contributed by atoms with E-state index in [1.54, 1.807) is 0 Å². The van der Waals surface area contributed by atoms with Crippen LogP contribution in [0.1, 0.15) is 55.9 Å². The van der Waals surface area contributed by atoms with Crippen LogP contribution in [0.15, 0.2) is 17.4 Å². The van der Waals surface area contributed by atoms with Gasteiger partial charge in [0.2, 0.25) is 0 Å². The summed E-state index contributed by atoms with van der Waals surface area (Å²) in [7, 11) is 1.93. The van der Waals surface area contributed by atoms with Gasteiger partial charge in [-0.3, -0.25) is 9.67 Å². The second kappa shape index (κ2) is 11.8. The molecule has 1 atom stereocenters. The van der Waals surface area contributed by atoms with Crippen molar-refractivity contribution in [2.24, 2.45) is 12.0 Å². The number of aromatic nitrogens is 5. The van der Waals surface area contributed by atoms with Crippen molar-refractivity contribution in [2.75, 3.05) is 32.8 Å². The molecule has 0 aromatic carbocycles. The number of rotatable bonds is 6. The van der Waals surface area contributed by atoms with E-state index in [9.17, 15) is 0 Å². The second-order valence-electron chi connectivity index (χ2n) is 8.09. The third-order valence-corrected chi connectivity index (χ3v) is 5.80. The van der Waals surface area contributed by atoms with E-state index in [-0.39, 0.29) is 30.1 Å². The van der Waals surface area contributed by atoms with Gasteiger partial charge in [-0.15, -0.1) is 34.2 Å². The Hall–Kier alpha value is -1.69. The lowest BCUT2D eigenvalue weighted by atomic mass is 10.1. The summed E-state index contributed by atoms with van der Waals surface area (Å²) in [4.78, 5) is 7.20. The van der Waals surface area contributed by atoms with Gasteiger partial charge < -0.3 is 19.5 Å². The van der Waals surface area contributed by atoms with Crippen LogP contribution in [0.5, 0.6) is 0 Å². The molecule has 1 fully saturated rings. The Labute approximate surface area is 201 Å². The molecule has 4 heterocycles. The van der Waals surface area contributed by atoms with Crippen LogP contribution in [-0.4, -0.2) is 68.2 Å². The number of ether oxygens (including phenoxy) is 1. The number of guanidine groups is 1. The molecule has 2 aromatic heterocycles. The number of aryl methyl sites for hydroxylation is 3. The zero-order chi connectivity index (χ0) is 20.8. The highest BCUT2D eigenvalue weighted by Gasteiger charge is 2.25. The van der Waals surface area contributed by atoms with Crippen molar-refractivity contribution >= 4 is 29.9 Å². The van der Waals surface area contributed by atoms with Crippen LogP contribution in [0.3, 0.4) is 0 Å². The first kappa shape index (κ1) is 24.0. The number of hydrogen-bond donors (Lipinski definition) is 1. The van der Waals surface area contributed by atoms with Gasteiger partial charge in [0.1, 0.15) is 17.8 Å². The number of halogens is 1. The maximum absolute atomic E-state index is 5.98. The number of aliphatic imine (C=N–C) groups is 1. The molecule has 2 aliphatic heterocycles. The van der Waals surface area contributed by atoms with Gasteiger partial charge in [0.25, 0.3) is 0 Å². The molecule has 172 valence electrons. The highest BCUT2D eigenvalue weighted by atomic mass is 127. The van der Waals surface area contributed by atoms with Crippen LogP contribution in [0.4, 0.5) is 0 Å². The molecule has 0 amide bonds. The molecule has 31 heavy (non-hydrogen) atoms. The fraction of sp³-hybridized carbons (Fsp3) is 0.714. The molecule has 9 nitrogen and oxygen atoms in total. The standard InChI is InChI=1S/C21H34N8O.HI/c1-3-22-21(28-12-13-30-18(16-28)17-14-24-27(2)15-17)23-10-7-9-20-26-25-19-8-5-4-6-11-29(19)20;/h14-15,18H,3-13,16H2,1-2H3,(H,22,23);1H. The largest absolute Gasteiger partial charge is 0.370 e. The molecule has 0 aliphatic carbocycles. The predicted molar refractivity (Wildman–Crippen MR) is 131 cm³/mol. The van der Waals surface area contributed by atoms with Gasteiger partial charge in [-0.2, -0.15) is 5.10 Å². The molecule has 1 saturated heterocycles. The van der Waals surface area contributed by atoms with Crippen LogP contribution in [0.25, 0.3) is 0 Å². The minimum atomic E-state index is 0. The fourth-order valence-corrected chi connectivity index (χ4v) is 4.23. The normalized spacial score (nSPS) is 19.5. The second-order valence-corrected chi connectivity index (χ2v) is 8.09. The van der Waals surface area contributed by atoms with Gasteiger partial charge in [0.15, 0.2) is 5.96 Å². The Kier molecular flexibility index (Phi) is 9.12. The summed E-state index contributed by atoms with van der Waals surface area (Å²) in [5, 5.41) is 16.6. The smallest absolute Gasteiger partial charge is 0.194 e. The third kappa shape index (κ3) is 6.18. The zero-order valence-electron chi connectivity index (χ0n) is 18.7. The van der Waals surface area contributed by atoms with Crippen molar-refractivity contribution in [2.45, 2.75) is 58.1 Å². The van der Waals surface area contributed by atoms with Gasteiger partial charge in [-0.25, -0.2) is 0 Å². The fourth-order valence-electron chi connectivity index (χ4n) is 4.23. The molecule has 2 aromatic rings. The van der Waals surface area contributed by atoms with Gasteiger partial charge in [0.05, 0.1) is 19.3 Å². The molecular formula is C21H35IN8O. The Bertz CT molecular complexity index is 848. The van der Waals surface area contributed by atoms with Gasteiger partial charge in [-0.1, -0.05) is 6.42 Å². The minimum absolute atomic E-state index is 0. The number of hydrogen-bond acceptors (Lipinski definition) is 5. The molecule has 1 N–H and O–H groups in total. The number of morpholine rings is 1. The van der Waals surface area contributed by atoms with Gasteiger partial charge >= 0.3 is 0 Å². The Balaban J connectivity index is 0.00000272. The van der Waals surface area contributed by atoms with Crippen LogP contribution in [0.2, 0.25) is 0 Å². The molecular weight excluding hydrogens is 507 g/mol. The summed E-state index contributed by atoms with van der Waals surface area (Å²) in [6, 6.07) is 0. The summed E-state index contributed by atoms with van der Waals surface area (Å²) >= 11 is 0. The van der Waals surface area contributed by atoms with E-state index >= 15 is 0 Å². The van der Waals surface area contributed by atoms with Crippen LogP contribution < -0.4 is 5.32 Å². The predicted octanol–water partition coefficient (Wildman–Crippen LogP) is 2.33. The Morgan fingerprint density at radius 3 is 2.97 bits per heavy atom. The minimum Gasteiger partial charge on any atom is -0.370 e. The average Bonchev–Trinajstić information content (AvgIpc) is 3.29. The third-order valence-electron chi connectivity index (χ3n) is 5.80. The topological polar surface area (TPSA) is 85.4 Å². The Morgan fingerprint density at radius 1 is 1.26 bits per heavy atom. The van der Waals surface area contributed by atoms with E-state index in [0.717, 1.165) is 75.2 Å². The highest BCUT2D eigenvalue weighted by Crippen LogP contribution is 2.21. The van der Waals surface area contributed by atoms with E-state index in [1.165, 1.54) is 19.3 Å². The molecule has 2 aliphatic rings. The maximum Gasteiger partial charge on any atom is 0.194 e. The number of nitrogens with one attached hydrogen (secondary N) is 1. The average molecular weight is 542 g/mol. The van der Waals surface area contributed by atoms with E-state index in [1.807, 2.05) is 24.1 Å². The zero-order valence-corrected chi connectivity index (χ0v) is 21.0. The molecule has 10 heteroatoms. The monoisotopic (exact) mass is 542 g/mol. The molecule has 0 spiro atoms. The first-order valence-corrected chi connectivity index (χ1v) is 11.3. The maximum atomic E-state index is 5.98. The Morgan fingerprint density at radius 2 is 2.16 bits per heavy atom. The molecule has 1 unspecified atom stereocenters. The van der Waals surface area contributed by atoms with E-state index in [0.29, 0.717) is 6.61 Å². The molecule has 0 bridgehead atoms. The quantitative estimate of drug-likeness (QED) is 0.261. The van der Waals surface area contributed by atoms with E-state index in [2.05, 4.69) is 37.0 Å². The lowest BCUT2D eigenvalue weighted by Gasteiger charge is -2.34. The summed E-state index contributed by atoms with van der Waals surface area (Å²) in [6.07, 6.45) is 10.7. The number of nitrogens with zero attached hydrogens (tertiary/aromatic N) is 7. The van der Waals surface area contributed by atoms with Crippen LogP contribution >= 0.6 is 24.0 Å². The first-order valence-electron chi connectivity index (χ1n) is 11.3. The lowest BCUT2D eigenvalue weighted by molar-refractivity contribution is -0.00804. The summed E-state index contributed by atoms with van der Waals surface area (Å²) < 4.78 is 10.1. The van der Waals surface area contributed by atoms with Crippen molar-refractivity contribution in [3.63, 3.8) is 0 Å².